The molecule has 0 bridgehead atoms. The zero-order valence-corrected chi connectivity index (χ0v) is 23.8. The first-order chi connectivity index (χ1) is 20.8. The summed E-state index contributed by atoms with van der Waals surface area (Å²) in [6.45, 7) is 0.994. The molecule has 0 saturated carbocycles. The van der Waals surface area contributed by atoms with E-state index in [4.69, 9.17) is 0 Å². The lowest BCUT2D eigenvalue weighted by Gasteiger charge is -2.36. The number of hydrogen-bond donors (Lipinski definition) is 0. The molecule has 1 heterocycles. The summed E-state index contributed by atoms with van der Waals surface area (Å²) >= 11 is 0. The van der Waals surface area contributed by atoms with Crippen molar-refractivity contribution < 1.29 is 66.5 Å². The molecule has 17 heteroatoms. The van der Waals surface area contributed by atoms with Gasteiger partial charge in [-0.1, -0.05) is 63.3 Å². The van der Waals surface area contributed by atoms with Crippen LogP contribution < -0.4 is 0 Å². The Kier molecular flexibility index (Phi) is 13.5. The summed E-state index contributed by atoms with van der Waals surface area (Å²) in [7, 11) is 0. The molecule has 0 aliphatic rings. The van der Waals surface area contributed by atoms with Gasteiger partial charge in [-0.2, -0.15) is 48.3 Å². The van der Waals surface area contributed by atoms with Gasteiger partial charge in [-0.15, -0.1) is 0 Å². The normalized spacial score (nSPS) is 14.3. The number of benzene rings is 1. The van der Waals surface area contributed by atoms with Gasteiger partial charge in [0.25, 0.3) is 0 Å². The summed E-state index contributed by atoms with van der Waals surface area (Å²) in [5.41, 5.74) is 2.02. The fraction of sp³-hybridized carbons (Fsp3) is 0.643. The van der Waals surface area contributed by atoms with Crippen LogP contribution in [0.25, 0.3) is 11.4 Å². The Bertz CT molecular complexity index is 1160. The minimum atomic E-state index is -7.49. The first kappa shape index (κ1) is 38.5. The topological polar surface area (TPSA) is 44.2 Å². The van der Waals surface area contributed by atoms with Gasteiger partial charge in [0.05, 0.1) is 6.61 Å². The highest BCUT2D eigenvalue weighted by Crippen LogP contribution is 2.54. The lowest BCUT2D eigenvalue weighted by Crippen LogP contribution is -2.63. The SMILES string of the molecule is CCCCCCCCc1cnc(-c2ccc(CCCOC(OC(F)(F)C(F)(F)C(F)(F)C(F)(F)F)C(F)(F)C(F)F)cc2)nc1. The van der Waals surface area contributed by atoms with E-state index in [1.165, 1.54) is 25.0 Å². The van der Waals surface area contributed by atoms with Crippen LogP contribution in [0.3, 0.4) is 0 Å². The van der Waals surface area contributed by atoms with E-state index in [-0.39, 0.29) is 6.42 Å². The third-order valence-electron chi connectivity index (χ3n) is 6.59. The van der Waals surface area contributed by atoms with Crippen molar-refractivity contribution in [2.75, 3.05) is 6.61 Å². The first-order valence-corrected chi connectivity index (χ1v) is 13.8. The van der Waals surface area contributed by atoms with Crippen molar-refractivity contribution in [1.82, 2.24) is 9.97 Å². The highest BCUT2D eigenvalue weighted by atomic mass is 19.4. The van der Waals surface area contributed by atoms with Crippen molar-refractivity contribution in [3.63, 3.8) is 0 Å². The summed E-state index contributed by atoms with van der Waals surface area (Å²) in [6, 6.07) is 6.22. The van der Waals surface area contributed by atoms with Gasteiger partial charge >= 0.3 is 36.5 Å². The molecule has 0 saturated heterocycles. The third-order valence-corrected chi connectivity index (χ3v) is 6.59. The van der Waals surface area contributed by atoms with Crippen molar-refractivity contribution in [2.24, 2.45) is 0 Å². The number of aromatic nitrogens is 2. The number of hydrogen-bond acceptors (Lipinski definition) is 4. The molecule has 1 atom stereocenters. The smallest absolute Gasteiger partial charge is 0.347 e. The standard InChI is InChI=1S/C28H31F13N2O2/c1-2-3-4-5-6-7-9-19-16-42-21(43-17-19)20-13-11-18(12-14-20)10-8-15-44-23(24(31,32)22(29)30)45-28(40,41)26(35,36)25(33,34)27(37,38)39/h11-14,16-17,22-23H,2-10,15H2,1H3. The van der Waals surface area contributed by atoms with Crippen molar-refractivity contribution >= 4 is 0 Å². The van der Waals surface area contributed by atoms with E-state index < -0.39 is 55.8 Å². The van der Waals surface area contributed by atoms with E-state index in [9.17, 15) is 57.1 Å². The molecule has 45 heavy (non-hydrogen) atoms. The molecule has 1 aromatic heterocycles. The summed E-state index contributed by atoms with van der Waals surface area (Å²) in [6.07, 6.45) is -13.0. The largest absolute Gasteiger partial charge is 0.460 e. The molecule has 1 unspecified atom stereocenters. The average molecular weight is 675 g/mol. The van der Waals surface area contributed by atoms with Crippen LogP contribution in [0, 0.1) is 0 Å². The summed E-state index contributed by atoms with van der Waals surface area (Å²) in [5.74, 6) is -20.4. The van der Waals surface area contributed by atoms with Gasteiger partial charge < -0.3 is 4.74 Å². The number of unbranched alkanes of at least 4 members (excludes halogenated alkanes) is 5. The minimum absolute atomic E-state index is 0.0794. The molecule has 2 aromatic rings. The number of nitrogens with zero attached hydrogens (tertiary/aromatic N) is 2. The zero-order valence-electron chi connectivity index (χ0n) is 23.8. The van der Waals surface area contributed by atoms with E-state index in [1.807, 2.05) is 0 Å². The summed E-state index contributed by atoms with van der Waals surface area (Å²) < 4.78 is 177. The molecule has 0 N–H and O–H groups in total. The van der Waals surface area contributed by atoms with Crippen molar-refractivity contribution in [3.8, 4) is 11.4 Å². The molecule has 0 spiro atoms. The third kappa shape index (κ3) is 9.90. The summed E-state index contributed by atoms with van der Waals surface area (Å²) in [4.78, 5) is 8.63. The van der Waals surface area contributed by atoms with Crippen LogP contribution in [-0.4, -0.2) is 59.3 Å². The highest BCUT2D eigenvalue weighted by molar-refractivity contribution is 5.55. The van der Waals surface area contributed by atoms with E-state index in [0.29, 0.717) is 17.0 Å². The van der Waals surface area contributed by atoms with Crippen LogP contribution in [-0.2, 0) is 22.3 Å². The lowest BCUT2D eigenvalue weighted by atomic mass is 10.1. The number of rotatable bonds is 19. The Morgan fingerprint density at radius 2 is 1.20 bits per heavy atom. The Hall–Kier alpha value is -2.69. The van der Waals surface area contributed by atoms with Gasteiger partial charge in [-0.05, 0) is 36.8 Å². The Morgan fingerprint density at radius 1 is 0.667 bits per heavy atom. The van der Waals surface area contributed by atoms with Crippen LogP contribution in [0.4, 0.5) is 57.1 Å². The van der Waals surface area contributed by atoms with Gasteiger partial charge in [-0.3, -0.25) is 4.74 Å². The predicted octanol–water partition coefficient (Wildman–Crippen LogP) is 9.66. The summed E-state index contributed by atoms with van der Waals surface area (Å²) in [5, 5.41) is 0. The van der Waals surface area contributed by atoms with Gasteiger partial charge in [0.15, 0.2) is 5.82 Å². The fourth-order valence-electron chi connectivity index (χ4n) is 3.93. The van der Waals surface area contributed by atoms with Crippen molar-refractivity contribution in [3.05, 3.63) is 47.8 Å². The van der Waals surface area contributed by atoms with E-state index in [1.54, 1.807) is 24.5 Å². The van der Waals surface area contributed by atoms with E-state index >= 15 is 0 Å². The van der Waals surface area contributed by atoms with Crippen molar-refractivity contribution in [1.29, 1.82) is 0 Å². The van der Waals surface area contributed by atoms with Gasteiger partial charge in [0, 0.05) is 18.0 Å². The van der Waals surface area contributed by atoms with Crippen molar-refractivity contribution in [2.45, 2.75) is 107 Å². The van der Waals surface area contributed by atoms with Crippen LogP contribution >= 0.6 is 0 Å². The van der Waals surface area contributed by atoms with Gasteiger partial charge in [-0.25, -0.2) is 18.7 Å². The molecule has 0 aliphatic carbocycles. The molecule has 4 nitrogen and oxygen atoms in total. The molecule has 0 fully saturated rings. The van der Waals surface area contributed by atoms with E-state index in [2.05, 4.69) is 26.4 Å². The van der Waals surface area contributed by atoms with E-state index in [0.717, 1.165) is 37.7 Å². The number of ether oxygens (including phenoxy) is 2. The fourth-order valence-corrected chi connectivity index (χ4v) is 3.93. The second-order valence-corrected chi connectivity index (χ2v) is 10.2. The molecule has 1 aromatic carbocycles. The molecule has 0 amide bonds. The lowest BCUT2D eigenvalue weighted by molar-refractivity contribution is -0.475. The highest BCUT2D eigenvalue weighted by Gasteiger charge is 2.83. The molecule has 0 aliphatic heterocycles. The molecule has 256 valence electrons. The van der Waals surface area contributed by atoms with Gasteiger partial charge in [0.1, 0.15) is 0 Å². The average Bonchev–Trinajstić information content (AvgIpc) is 2.96. The Balaban J connectivity index is 1.98. The van der Waals surface area contributed by atoms with Crippen LogP contribution in [0.1, 0.15) is 63.0 Å². The Labute approximate surface area is 250 Å². The number of halogens is 13. The maximum atomic E-state index is 13.8. The monoisotopic (exact) mass is 674 g/mol. The van der Waals surface area contributed by atoms with Crippen LogP contribution in [0.15, 0.2) is 36.7 Å². The molecular formula is C28H31F13N2O2. The maximum absolute atomic E-state index is 13.8. The van der Waals surface area contributed by atoms with Crippen LogP contribution in [0.2, 0.25) is 0 Å². The second kappa shape index (κ2) is 15.7. The zero-order chi connectivity index (χ0) is 34.1. The second-order valence-electron chi connectivity index (χ2n) is 10.2. The Morgan fingerprint density at radius 3 is 1.73 bits per heavy atom. The minimum Gasteiger partial charge on any atom is -0.347 e. The molecular weight excluding hydrogens is 643 g/mol. The number of aryl methyl sites for hydroxylation is 2. The number of alkyl halides is 13. The quantitative estimate of drug-likeness (QED) is 0.0846. The molecule has 2 rings (SSSR count). The predicted molar refractivity (Wildman–Crippen MR) is 136 cm³/mol. The van der Waals surface area contributed by atoms with Gasteiger partial charge in [0.2, 0.25) is 6.29 Å². The maximum Gasteiger partial charge on any atom is 0.460 e. The molecule has 0 radical (unpaired) electrons. The first-order valence-electron chi connectivity index (χ1n) is 13.8. The van der Waals surface area contributed by atoms with Crippen LogP contribution in [0.5, 0.6) is 0 Å².